The van der Waals surface area contributed by atoms with E-state index in [4.69, 9.17) is 9.47 Å². The lowest BCUT2D eigenvalue weighted by Crippen LogP contribution is -2.15. The summed E-state index contributed by atoms with van der Waals surface area (Å²) in [5.74, 6) is 0.944. The number of ether oxygens (including phenoxy) is 2. The normalized spacial score (nSPS) is 11.3. The highest BCUT2D eigenvalue weighted by molar-refractivity contribution is 5.85. The lowest BCUT2D eigenvalue weighted by atomic mass is 9.86. The monoisotopic (exact) mass is 374 g/mol. The Labute approximate surface area is 161 Å². The van der Waals surface area contributed by atoms with Gasteiger partial charge in [0.2, 0.25) is 0 Å². The van der Waals surface area contributed by atoms with Crippen LogP contribution in [0.25, 0.3) is 11.0 Å². The van der Waals surface area contributed by atoms with Crippen LogP contribution in [0.5, 0.6) is 5.75 Å². The van der Waals surface area contributed by atoms with E-state index in [2.05, 4.69) is 48.5 Å². The van der Waals surface area contributed by atoms with Gasteiger partial charge in [0.1, 0.15) is 12.4 Å². The van der Waals surface area contributed by atoms with Gasteiger partial charge in [-0.1, -0.05) is 51.1 Å². The number of benzene rings is 2. The zero-order valence-corrected chi connectivity index (χ0v) is 16.5. The second-order valence-electron chi connectivity index (χ2n) is 7.13. The van der Waals surface area contributed by atoms with Crippen molar-refractivity contribution in [3.8, 4) is 5.75 Å². The summed E-state index contributed by atoms with van der Waals surface area (Å²) in [5, 5.41) is 0. The van der Waals surface area contributed by atoms with Gasteiger partial charge in [0.05, 0.1) is 30.6 Å². The first kappa shape index (κ1) is 20.3. The Morgan fingerprint density at radius 2 is 1.65 bits per heavy atom. The summed E-state index contributed by atoms with van der Waals surface area (Å²) in [7, 11) is 0. The van der Waals surface area contributed by atoms with Crippen molar-refractivity contribution in [2.75, 3.05) is 19.8 Å². The largest absolute Gasteiger partial charge is 0.491 e. The molecule has 0 unspecified atom stereocenters. The van der Waals surface area contributed by atoms with E-state index in [1.54, 1.807) is 0 Å². The molecule has 1 aromatic heterocycles. The average molecular weight is 375 g/mol. The number of hydrogen-bond acceptors (Lipinski definition) is 3. The average Bonchev–Trinajstić information content (AvgIpc) is 3.01. The zero-order chi connectivity index (χ0) is 17.7. The van der Waals surface area contributed by atoms with Gasteiger partial charge in [-0.25, -0.2) is 4.98 Å². The smallest absolute Gasteiger partial charge is 0.123 e. The first-order valence-electron chi connectivity index (χ1n) is 8.75. The lowest BCUT2D eigenvalue weighted by molar-refractivity contribution is 0.0942. The van der Waals surface area contributed by atoms with Crippen molar-refractivity contribution in [3.63, 3.8) is 0 Å². The lowest BCUT2D eigenvalue weighted by Gasteiger charge is -2.22. The predicted octanol–water partition coefficient (Wildman–Crippen LogP) is 4.85. The molecule has 3 aromatic rings. The van der Waals surface area contributed by atoms with Gasteiger partial charge in [-0.2, -0.15) is 0 Å². The van der Waals surface area contributed by atoms with Crippen molar-refractivity contribution in [2.24, 2.45) is 0 Å². The first-order valence-corrected chi connectivity index (χ1v) is 8.75. The van der Waals surface area contributed by atoms with E-state index in [9.17, 15) is 0 Å². The number of aromatic nitrogens is 2. The predicted molar refractivity (Wildman–Crippen MR) is 108 cm³/mol. The maximum Gasteiger partial charge on any atom is 0.123 e. The molecule has 0 saturated carbocycles. The van der Waals surface area contributed by atoms with Gasteiger partial charge in [-0.05, 0) is 29.2 Å². The molecule has 0 bridgehead atoms. The maximum absolute atomic E-state index is 5.93. The summed E-state index contributed by atoms with van der Waals surface area (Å²) in [5.41, 5.74) is 3.45. The Balaban J connectivity index is 0.00000243. The quantitative estimate of drug-likeness (QED) is 0.554. The van der Waals surface area contributed by atoms with Gasteiger partial charge in [-0.3, -0.25) is 0 Å². The van der Waals surface area contributed by atoms with Crippen LogP contribution in [0.2, 0.25) is 0 Å². The molecule has 0 spiro atoms. The highest BCUT2D eigenvalue weighted by Gasteiger charge is 2.18. The molecule has 140 valence electrons. The highest BCUT2D eigenvalue weighted by atomic mass is 35.5. The third-order valence-electron chi connectivity index (χ3n) is 4.18. The third-order valence-corrected chi connectivity index (χ3v) is 4.18. The van der Waals surface area contributed by atoms with Crippen LogP contribution in [-0.4, -0.2) is 29.4 Å². The van der Waals surface area contributed by atoms with E-state index in [0.717, 1.165) is 23.3 Å². The summed E-state index contributed by atoms with van der Waals surface area (Å²) in [4.78, 5) is 4.39. The number of para-hydroxylation sites is 3. The van der Waals surface area contributed by atoms with Crippen LogP contribution in [0.1, 0.15) is 26.3 Å². The van der Waals surface area contributed by atoms with Crippen molar-refractivity contribution in [1.29, 1.82) is 0 Å². The number of imidazole rings is 1. The molecule has 0 fully saturated rings. The Hall–Kier alpha value is -2.04. The Bertz CT molecular complexity index is 824. The molecule has 0 amide bonds. The molecule has 5 heteroatoms. The molecule has 3 rings (SSSR count). The summed E-state index contributed by atoms with van der Waals surface area (Å²) in [6.45, 7) is 9.15. The Morgan fingerprint density at radius 1 is 0.923 bits per heavy atom. The van der Waals surface area contributed by atoms with Crippen molar-refractivity contribution < 1.29 is 9.47 Å². The molecule has 1 heterocycles. The van der Waals surface area contributed by atoms with E-state index >= 15 is 0 Å². The molecule has 0 atom stereocenters. The number of fused-ring (bicyclic) bond motifs is 1. The molecule has 0 N–H and O–H groups in total. The van der Waals surface area contributed by atoms with Crippen LogP contribution in [0.3, 0.4) is 0 Å². The molecule has 0 aliphatic heterocycles. The van der Waals surface area contributed by atoms with Crippen LogP contribution < -0.4 is 4.74 Å². The minimum atomic E-state index is 0. The second-order valence-corrected chi connectivity index (χ2v) is 7.13. The van der Waals surface area contributed by atoms with E-state index in [1.165, 1.54) is 5.56 Å². The van der Waals surface area contributed by atoms with Gasteiger partial charge >= 0.3 is 0 Å². The number of halogens is 1. The highest BCUT2D eigenvalue weighted by Crippen LogP contribution is 2.30. The van der Waals surface area contributed by atoms with E-state index in [0.29, 0.717) is 19.8 Å². The van der Waals surface area contributed by atoms with E-state index in [1.807, 2.05) is 36.7 Å². The van der Waals surface area contributed by atoms with Crippen molar-refractivity contribution in [3.05, 3.63) is 60.4 Å². The van der Waals surface area contributed by atoms with Crippen molar-refractivity contribution >= 4 is 23.4 Å². The van der Waals surface area contributed by atoms with Gasteiger partial charge < -0.3 is 14.0 Å². The Morgan fingerprint density at radius 3 is 2.46 bits per heavy atom. The minimum Gasteiger partial charge on any atom is -0.491 e. The SMILES string of the molecule is CC(C)(C)c1ccccc1OCCOCCn1cnc2ccccc21.Cl. The number of hydrogen-bond donors (Lipinski definition) is 0. The molecule has 0 saturated heterocycles. The van der Waals surface area contributed by atoms with Crippen LogP contribution in [-0.2, 0) is 16.7 Å². The molecule has 26 heavy (non-hydrogen) atoms. The fraction of sp³-hybridized carbons (Fsp3) is 0.381. The van der Waals surface area contributed by atoms with Gasteiger partial charge in [0.15, 0.2) is 0 Å². The number of rotatable bonds is 7. The number of nitrogens with zero attached hydrogens (tertiary/aromatic N) is 2. The topological polar surface area (TPSA) is 36.3 Å². The summed E-state index contributed by atoms with van der Waals surface area (Å²) in [6.07, 6.45) is 1.87. The van der Waals surface area contributed by atoms with Crippen LogP contribution >= 0.6 is 12.4 Å². The zero-order valence-electron chi connectivity index (χ0n) is 15.6. The van der Waals surface area contributed by atoms with Crippen LogP contribution in [0, 0.1) is 0 Å². The van der Waals surface area contributed by atoms with Crippen molar-refractivity contribution in [2.45, 2.75) is 32.7 Å². The van der Waals surface area contributed by atoms with Crippen LogP contribution in [0.4, 0.5) is 0 Å². The molecule has 4 nitrogen and oxygen atoms in total. The summed E-state index contributed by atoms with van der Waals surface area (Å²) in [6, 6.07) is 16.3. The van der Waals surface area contributed by atoms with Crippen LogP contribution in [0.15, 0.2) is 54.9 Å². The third kappa shape index (κ3) is 4.99. The molecular weight excluding hydrogens is 348 g/mol. The fourth-order valence-corrected chi connectivity index (χ4v) is 2.88. The first-order chi connectivity index (χ1) is 12.1. The van der Waals surface area contributed by atoms with Gasteiger partial charge in [-0.15, -0.1) is 12.4 Å². The maximum atomic E-state index is 5.93. The second kappa shape index (κ2) is 9.06. The van der Waals surface area contributed by atoms with Gasteiger partial charge in [0, 0.05) is 6.54 Å². The van der Waals surface area contributed by atoms with Crippen molar-refractivity contribution in [1.82, 2.24) is 9.55 Å². The molecule has 0 aliphatic rings. The standard InChI is InChI=1S/C21H26N2O2.ClH/c1-21(2,3)17-8-4-7-11-20(17)25-15-14-24-13-12-23-16-22-18-9-5-6-10-19(18)23;/h4-11,16H,12-15H2,1-3H3;1H. The summed E-state index contributed by atoms with van der Waals surface area (Å²) < 4.78 is 13.8. The van der Waals surface area contributed by atoms with E-state index < -0.39 is 0 Å². The molecule has 0 radical (unpaired) electrons. The molecular formula is C21H27ClN2O2. The van der Waals surface area contributed by atoms with E-state index in [-0.39, 0.29) is 17.8 Å². The molecule has 0 aliphatic carbocycles. The minimum absolute atomic E-state index is 0. The summed E-state index contributed by atoms with van der Waals surface area (Å²) >= 11 is 0. The molecule has 2 aromatic carbocycles. The fourth-order valence-electron chi connectivity index (χ4n) is 2.88. The van der Waals surface area contributed by atoms with Gasteiger partial charge in [0.25, 0.3) is 0 Å². The Kier molecular flexibility index (Phi) is 7.06.